The summed E-state index contributed by atoms with van der Waals surface area (Å²) in [6.45, 7) is 12.4. The van der Waals surface area contributed by atoms with E-state index < -0.39 is 0 Å². The van der Waals surface area contributed by atoms with Crippen molar-refractivity contribution in [3.05, 3.63) is 64.7 Å². The van der Waals surface area contributed by atoms with Crippen LogP contribution in [0.3, 0.4) is 0 Å². The molecule has 0 aromatic heterocycles. The number of carbonyl (C=O) groups is 1. The summed E-state index contributed by atoms with van der Waals surface area (Å²) in [5, 5.41) is 0. The maximum atomic E-state index is 13.1. The highest BCUT2D eigenvalue weighted by Crippen LogP contribution is 2.40. The molecule has 1 amide bonds. The second-order valence-electron chi connectivity index (χ2n) is 9.22. The van der Waals surface area contributed by atoms with E-state index in [9.17, 15) is 4.79 Å². The Kier molecular flexibility index (Phi) is 5.39. The second kappa shape index (κ2) is 7.83. The number of hydrogen-bond acceptors (Lipinski definition) is 3. The molecule has 0 radical (unpaired) electrons. The molecule has 0 unspecified atom stereocenters. The fraction of sp³-hybridized carbons (Fsp3) is 0.480. The number of carbonyl (C=O) groups excluding carboxylic acids is 1. The van der Waals surface area contributed by atoms with Gasteiger partial charge in [-0.25, -0.2) is 0 Å². The number of hydrogen-bond donors (Lipinski definition) is 0. The van der Waals surface area contributed by atoms with E-state index in [1.54, 1.807) is 0 Å². The van der Waals surface area contributed by atoms with Gasteiger partial charge < -0.3 is 14.4 Å². The van der Waals surface area contributed by atoms with Gasteiger partial charge in [-0.15, -0.1) is 0 Å². The molecule has 0 atom stereocenters. The van der Waals surface area contributed by atoms with Crippen molar-refractivity contribution >= 4 is 5.91 Å². The van der Waals surface area contributed by atoms with Gasteiger partial charge in [-0.2, -0.15) is 0 Å². The SMILES string of the molecule is CC(C)c1cc(C(=O)N2CC3(COC3)C2)cc(C(C)C)c1OCc1ccccc1. The minimum Gasteiger partial charge on any atom is -0.488 e. The van der Waals surface area contributed by atoms with E-state index in [2.05, 4.69) is 39.8 Å². The van der Waals surface area contributed by atoms with Crippen LogP contribution in [0.5, 0.6) is 5.75 Å². The molecular formula is C25H31NO3. The first kappa shape index (κ1) is 20.0. The Morgan fingerprint density at radius 3 is 2.10 bits per heavy atom. The average molecular weight is 394 g/mol. The fourth-order valence-electron chi connectivity index (χ4n) is 4.22. The third-order valence-electron chi connectivity index (χ3n) is 6.02. The Morgan fingerprint density at radius 1 is 1.03 bits per heavy atom. The summed E-state index contributed by atoms with van der Waals surface area (Å²) in [6.07, 6.45) is 0. The van der Waals surface area contributed by atoms with Gasteiger partial charge in [0.2, 0.25) is 0 Å². The summed E-state index contributed by atoms with van der Waals surface area (Å²) in [4.78, 5) is 15.1. The molecule has 2 aliphatic heterocycles. The van der Waals surface area contributed by atoms with Crippen molar-refractivity contribution in [2.24, 2.45) is 5.41 Å². The van der Waals surface area contributed by atoms with Gasteiger partial charge in [0, 0.05) is 18.7 Å². The lowest BCUT2D eigenvalue weighted by atomic mass is 9.77. The van der Waals surface area contributed by atoms with Gasteiger partial charge in [-0.1, -0.05) is 58.0 Å². The molecule has 4 heteroatoms. The van der Waals surface area contributed by atoms with Crippen LogP contribution in [0.25, 0.3) is 0 Å². The average Bonchev–Trinajstić information content (AvgIpc) is 2.64. The van der Waals surface area contributed by atoms with Crippen LogP contribution in [0.4, 0.5) is 0 Å². The van der Waals surface area contributed by atoms with Crippen LogP contribution in [0.2, 0.25) is 0 Å². The van der Waals surface area contributed by atoms with Gasteiger partial charge in [0.05, 0.1) is 18.6 Å². The smallest absolute Gasteiger partial charge is 0.253 e. The molecule has 0 bridgehead atoms. The summed E-state index contributed by atoms with van der Waals surface area (Å²) < 4.78 is 11.7. The third kappa shape index (κ3) is 3.91. The molecule has 4 rings (SSSR count). The summed E-state index contributed by atoms with van der Waals surface area (Å²) in [6, 6.07) is 14.3. The molecule has 0 aliphatic carbocycles. The number of likely N-dealkylation sites (tertiary alicyclic amines) is 1. The lowest BCUT2D eigenvalue weighted by Gasteiger charge is -2.55. The lowest BCUT2D eigenvalue weighted by molar-refractivity contribution is -0.176. The molecule has 2 aromatic rings. The summed E-state index contributed by atoms with van der Waals surface area (Å²) in [5.74, 6) is 1.60. The lowest BCUT2D eigenvalue weighted by Crippen LogP contribution is -2.67. The summed E-state index contributed by atoms with van der Waals surface area (Å²) >= 11 is 0. The van der Waals surface area contributed by atoms with Crippen LogP contribution in [-0.2, 0) is 11.3 Å². The largest absolute Gasteiger partial charge is 0.488 e. The van der Waals surface area contributed by atoms with Gasteiger partial charge in [0.25, 0.3) is 5.91 Å². The summed E-state index contributed by atoms with van der Waals surface area (Å²) in [5.41, 5.74) is 4.37. The van der Waals surface area contributed by atoms with Crippen molar-refractivity contribution in [3.63, 3.8) is 0 Å². The number of ether oxygens (including phenoxy) is 2. The highest BCUT2D eigenvalue weighted by atomic mass is 16.5. The van der Waals surface area contributed by atoms with Crippen molar-refractivity contribution in [2.45, 2.75) is 46.1 Å². The zero-order valence-electron chi connectivity index (χ0n) is 17.9. The first-order valence-corrected chi connectivity index (χ1v) is 10.6. The monoisotopic (exact) mass is 393 g/mol. The van der Waals surface area contributed by atoms with Crippen LogP contribution in [0.15, 0.2) is 42.5 Å². The van der Waals surface area contributed by atoms with Crippen molar-refractivity contribution in [2.75, 3.05) is 26.3 Å². The molecule has 1 spiro atoms. The predicted octanol–water partition coefficient (Wildman–Crippen LogP) is 4.98. The van der Waals surface area contributed by atoms with E-state index >= 15 is 0 Å². The van der Waals surface area contributed by atoms with E-state index in [0.717, 1.165) is 54.3 Å². The molecule has 2 aromatic carbocycles. The van der Waals surface area contributed by atoms with Crippen LogP contribution in [0.1, 0.15) is 66.6 Å². The van der Waals surface area contributed by atoms with Crippen LogP contribution >= 0.6 is 0 Å². The Labute approximate surface area is 173 Å². The van der Waals surface area contributed by atoms with E-state index in [-0.39, 0.29) is 23.2 Å². The molecule has 0 saturated carbocycles. The topological polar surface area (TPSA) is 38.8 Å². The molecule has 29 heavy (non-hydrogen) atoms. The number of rotatable bonds is 6. The molecule has 154 valence electrons. The van der Waals surface area contributed by atoms with Crippen molar-refractivity contribution in [1.82, 2.24) is 4.90 Å². The maximum absolute atomic E-state index is 13.1. The van der Waals surface area contributed by atoms with Gasteiger partial charge in [-0.3, -0.25) is 4.79 Å². The maximum Gasteiger partial charge on any atom is 0.253 e. The summed E-state index contributed by atoms with van der Waals surface area (Å²) in [7, 11) is 0. The fourth-order valence-corrected chi connectivity index (χ4v) is 4.22. The van der Waals surface area contributed by atoms with Crippen LogP contribution < -0.4 is 4.74 Å². The van der Waals surface area contributed by atoms with E-state index in [1.165, 1.54) is 0 Å². The van der Waals surface area contributed by atoms with Gasteiger partial charge in [0.1, 0.15) is 12.4 Å². The second-order valence-corrected chi connectivity index (χ2v) is 9.22. The van der Waals surface area contributed by atoms with Crippen LogP contribution in [0, 0.1) is 5.41 Å². The van der Waals surface area contributed by atoms with Gasteiger partial charge in [-0.05, 0) is 40.7 Å². The normalized spacial score (nSPS) is 17.4. The van der Waals surface area contributed by atoms with E-state index in [1.807, 2.05) is 35.2 Å². The molecule has 4 nitrogen and oxygen atoms in total. The molecule has 0 N–H and O–H groups in total. The molecule has 2 fully saturated rings. The molecule has 2 saturated heterocycles. The highest BCUT2D eigenvalue weighted by molar-refractivity contribution is 5.95. The minimum absolute atomic E-state index is 0.126. The third-order valence-corrected chi connectivity index (χ3v) is 6.02. The van der Waals surface area contributed by atoms with Gasteiger partial charge >= 0.3 is 0 Å². The predicted molar refractivity (Wildman–Crippen MR) is 115 cm³/mol. The van der Waals surface area contributed by atoms with Crippen molar-refractivity contribution in [3.8, 4) is 5.75 Å². The Morgan fingerprint density at radius 2 is 1.62 bits per heavy atom. The van der Waals surface area contributed by atoms with Crippen molar-refractivity contribution in [1.29, 1.82) is 0 Å². The van der Waals surface area contributed by atoms with Crippen molar-refractivity contribution < 1.29 is 14.3 Å². The Bertz CT molecular complexity index is 847. The first-order chi connectivity index (χ1) is 13.9. The quantitative estimate of drug-likeness (QED) is 0.694. The molecule has 2 heterocycles. The number of nitrogens with zero attached hydrogens (tertiary/aromatic N) is 1. The highest BCUT2D eigenvalue weighted by Gasteiger charge is 2.50. The Hall–Kier alpha value is -2.33. The van der Waals surface area contributed by atoms with E-state index in [4.69, 9.17) is 9.47 Å². The van der Waals surface area contributed by atoms with Gasteiger partial charge in [0.15, 0.2) is 0 Å². The Balaban J connectivity index is 1.61. The zero-order chi connectivity index (χ0) is 20.6. The standard InChI is InChI=1S/C25H31NO3/c1-17(2)21-10-20(24(27)26-13-25(14-26)15-28-16-25)11-22(18(3)4)23(21)29-12-19-8-6-5-7-9-19/h5-11,17-18H,12-16H2,1-4H3. The number of benzene rings is 2. The first-order valence-electron chi connectivity index (χ1n) is 10.6. The zero-order valence-corrected chi connectivity index (χ0v) is 17.9. The van der Waals surface area contributed by atoms with Crippen LogP contribution in [-0.4, -0.2) is 37.1 Å². The number of amides is 1. The minimum atomic E-state index is 0.126. The van der Waals surface area contributed by atoms with E-state index in [0.29, 0.717) is 6.61 Å². The molecule has 2 aliphatic rings. The molecular weight excluding hydrogens is 362 g/mol.